The van der Waals surface area contributed by atoms with Crippen molar-refractivity contribution in [1.29, 1.82) is 0 Å². The molecule has 0 aromatic rings. The number of carbonyl (C=O) groups excluding carboxylic acids is 2. The van der Waals surface area contributed by atoms with Crippen LogP contribution in [-0.4, -0.2) is 40.8 Å². The Morgan fingerprint density at radius 3 is 2.43 bits per heavy atom. The van der Waals surface area contributed by atoms with E-state index in [0.717, 1.165) is 25.7 Å². The first-order valence-electron chi connectivity index (χ1n) is 8.09. The first-order chi connectivity index (χ1) is 10.0. The Bertz CT molecular complexity index is 512. The quantitative estimate of drug-likeness (QED) is 0.847. The van der Waals surface area contributed by atoms with Crippen LogP contribution in [0.2, 0.25) is 0 Å². The second-order valence-electron chi connectivity index (χ2n) is 7.41. The zero-order chi connectivity index (χ0) is 14.7. The molecule has 1 aliphatic heterocycles. The molecule has 1 amide bonds. The molecule has 0 spiro atoms. The second kappa shape index (κ2) is 4.55. The highest BCUT2D eigenvalue weighted by Gasteiger charge is 2.52. The minimum atomic E-state index is -0.772. The summed E-state index contributed by atoms with van der Waals surface area (Å²) in [7, 11) is 0. The van der Waals surface area contributed by atoms with Crippen LogP contribution in [0.15, 0.2) is 0 Å². The summed E-state index contributed by atoms with van der Waals surface area (Å²) in [6.45, 7) is 0.931. The average Bonchev–Trinajstić information content (AvgIpc) is 2.92. The molecule has 3 saturated carbocycles. The highest BCUT2D eigenvalue weighted by molar-refractivity contribution is 5.92. The van der Waals surface area contributed by atoms with Gasteiger partial charge in [0, 0.05) is 31.3 Å². The van der Waals surface area contributed by atoms with Gasteiger partial charge in [0.1, 0.15) is 5.78 Å². The number of amides is 1. The van der Waals surface area contributed by atoms with Gasteiger partial charge in [0.2, 0.25) is 5.91 Å². The third-order valence-electron chi connectivity index (χ3n) is 6.10. The maximum atomic E-state index is 12.7. The Balaban J connectivity index is 1.48. The topological polar surface area (TPSA) is 74.7 Å². The molecule has 2 bridgehead atoms. The zero-order valence-corrected chi connectivity index (χ0v) is 12.0. The Morgan fingerprint density at radius 1 is 1.10 bits per heavy atom. The van der Waals surface area contributed by atoms with Crippen molar-refractivity contribution >= 4 is 17.7 Å². The fraction of sp³-hybridized carbons (Fsp3) is 0.812. The van der Waals surface area contributed by atoms with E-state index in [0.29, 0.717) is 31.3 Å². The number of ketones is 1. The molecule has 0 aromatic heterocycles. The lowest BCUT2D eigenvalue weighted by atomic mass is 9.87. The average molecular weight is 291 g/mol. The minimum absolute atomic E-state index is 0.0463. The van der Waals surface area contributed by atoms with Crippen LogP contribution in [0, 0.1) is 35.5 Å². The van der Waals surface area contributed by atoms with Gasteiger partial charge < -0.3 is 10.0 Å². The van der Waals surface area contributed by atoms with Crippen LogP contribution in [0.1, 0.15) is 32.1 Å². The Kier molecular flexibility index (Phi) is 2.88. The lowest BCUT2D eigenvalue weighted by Gasteiger charge is -2.25. The number of nitrogens with zero attached hydrogens (tertiary/aromatic N) is 1. The van der Waals surface area contributed by atoms with E-state index >= 15 is 0 Å². The number of Topliss-reactive ketones (excluding diaryl/α,β-unsaturated/α-hetero) is 1. The van der Waals surface area contributed by atoms with Gasteiger partial charge in [-0.2, -0.15) is 0 Å². The van der Waals surface area contributed by atoms with Gasteiger partial charge in [0.05, 0.1) is 5.92 Å². The maximum absolute atomic E-state index is 12.7. The van der Waals surface area contributed by atoms with Gasteiger partial charge in [-0.3, -0.25) is 14.4 Å². The van der Waals surface area contributed by atoms with Crippen molar-refractivity contribution in [2.75, 3.05) is 13.1 Å². The van der Waals surface area contributed by atoms with Crippen molar-refractivity contribution in [3.05, 3.63) is 0 Å². The standard InChI is InChI=1S/C16H21NO4/c18-14-5-8-3-10(14)11(4-8)15(19)17-6-12(9-1-2-9)13(7-17)16(20)21/h8-13H,1-7H2,(H,20,21)/t8-,10+,11-,12+,13-/m1/s1. The third kappa shape index (κ3) is 2.09. The number of aliphatic carboxylic acids is 1. The van der Waals surface area contributed by atoms with Gasteiger partial charge in [-0.05, 0) is 43.4 Å². The van der Waals surface area contributed by atoms with Crippen LogP contribution in [0.5, 0.6) is 0 Å². The molecule has 1 heterocycles. The molecule has 0 unspecified atom stereocenters. The fourth-order valence-electron chi connectivity index (χ4n) is 4.88. The van der Waals surface area contributed by atoms with Crippen molar-refractivity contribution in [2.24, 2.45) is 35.5 Å². The highest BCUT2D eigenvalue weighted by atomic mass is 16.4. The lowest BCUT2D eigenvalue weighted by molar-refractivity contribution is -0.143. The largest absolute Gasteiger partial charge is 0.481 e. The number of carboxylic acid groups (broad SMARTS) is 1. The molecule has 0 radical (unpaired) electrons. The maximum Gasteiger partial charge on any atom is 0.308 e. The van der Waals surface area contributed by atoms with Crippen LogP contribution in [0.25, 0.3) is 0 Å². The van der Waals surface area contributed by atoms with Crippen LogP contribution in [0.4, 0.5) is 0 Å². The molecule has 4 aliphatic rings. The van der Waals surface area contributed by atoms with Crippen molar-refractivity contribution in [2.45, 2.75) is 32.1 Å². The predicted molar refractivity (Wildman–Crippen MR) is 73.2 cm³/mol. The fourth-order valence-corrected chi connectivity index (χ4v) is 4.88. The summed E-state index contributed by atoms with van der Waals surface area (Å²) in [6.07, 6.45) is 4.55. The number of carboxylic acids is 1. The monoisotopic (exact) mass is 291 g/mol. The molecule has 4 rings (SSSR count). The Labute approximate surface area is 123 Å². The van der Waals surface area contributed by atoms with Crippen LogP contribution >= 0.6 is 0 Å². The molecule has 114 valence electrons. The smallest absolute Gasteiger partial charge is 0.308 e. The molecule has 5 atom stereocenters. The van der Waals surface area contributed by atoms with Crippen molar-refractivity contribution in [3.8, 4) is 0 Å². The van der Waals surface area contributed by atoms with Crippen LogP contribution in [-0.2, 0) is 14.4 Å². The molecule has 0 aromatic carbocycles. The van der Waals surface area contributed by atoms with E-state index in [4.69, 9.17) is 0 Å². The van der Waals surface area contributed by atoms with Gasteiger partial charge in [0.15, 0.2) is 0 Å². The van der Waals surface area contributed by atoms with E-state index < -0.39 is 11.9 Å². The van der Waals surface area contributed by atoms with E-state index in [1.165, 1.54) is 0 Å². The number of hydrogen-bond donors (Lipinski definition) is 1. The Morgan fingerprint density at radius 2 is 1.86 bits per heavy atom. The van der Waals surface area contributed by atoms with E-state index in [9.17, 15) is 19.5 Å². The van der Waals surface area contributed by atoms with E-state index in [-0.39, 0.29) is 29.4 Å². The number of hydrogen-bond acceptors (Lipinski definition) is 3. The molecule has 1 N–H and O–H groups in total. The van der Waals surface area contributed by atoms with Crippen molar-refractivity contribution in [3.63, 3.8) is 0 Å². The first-order valence-corrected chi connectivity index (χ1v) is 8.09. The number of fused-ring (bicyclic) bond motifs is 2. The van der Waals surface area contributed by atoms with Gasteiger partial charge in [-0.15, -0.1) is 0 Å². The van der Waals surface area contributed by atoms with Gasteiger partial charge >= 0.3 is 5.97 Å². The summed E-state index contributed by atoms with van der Waals surface area (Å²) in [6, 6.07) is 0. The van der Waals surface area contributed by atoms with Gasteiger partial charge in [-0.25, -0.2) is 0 Å². The van der Waals surface area contributed by atoms with E-state index in [1.807, 2.05) is 0 Å². The van der Waals surface area contributed by atoms with Crippen molar-refractivity contribution < 1.29 is 19.5 Å². The molecule has 4 fully saturated rings. The highest BCUT2D eigenvalue weighted by Crippen LogP contribution is 2.49. The van der Waals surface area contributed by atoms with Gasteiger partial charge in [0.25, 0.3) is 0 Å². The molecular formula is C16H21NO4. The molecular weight excluding hydrogens is 270 g/mol. The molecule has 5 nitrogen and oxygen atoms in total. The number of rotatable bonds is 3. The molecule has 5 heteroatoms. The Hall–Kier alpha value is -1.39. The van der Waals surface area contributed by atoms with Crippen LogP contribution in [0.3, 0.4) is 0 Å². The molecule has 3 aliphatic carbocycles. The third-order valence-corrected chi connectivity index (χ3v) is 6.10. The molecule has 1 saturated heterocycles. The summed E-state index contributed by atoms with van der Waals surface area (Å²) in [5.41, 5.74) is 0. The number of likely N-dealkylation sites (tertiary alicyclic amines) is 1. The van der Waals surface area contributed by atoms with E-state index in [1.54, 1.807) is 4.90 Å². The summed E-state index contributed by atoms with van der Waals surface area (Å²) in [5.74, 6) is -0.113. The molecule has 21 heavy (non-hydrogen) atoms. The second-order valence-corrected chi connectivity index (χ2v) is 7.41. The number of carbonyl (C=O) groups is 3. The summed E-state index contributed by atoms with van der Waals surface area (Å²) >= 11 is 0. The summed E-state index contributed by atoms with van der Waals surface area (Å²) in [5, 5.41) is 9.38. The lowest BCUT2D eigenvalue weighted by Crippen LogP contribution is -2.39. The minimum Gasteiger partial charge on any atom is -0.481 e. The van der Waals surface area contributed by atoms with Gasteiger partial charge in [-0.1, -0.05) is 0 Å². The van der Waals surface area contributed by atoms with Crippen LogP contribution < -0.4 is 0 Å². The normalized spacial score (nSPS) is 41.8. The first kappa shape index (κ1) is 13.3. The zero-order valence-electron chi connectivity index (χ0n) is 12.0. The predicted octanol–water partition coefficient (Wildman–Crippen LogP) is 1.17. The van der Waals surface area contributed by atoms with E-state index in [2.05, 4.69) is 0 Å². The summed E-state index contributed by atoms with van der Waals surface area (Å²) in [4.78, 5) is 37.7. The van der Waals surface area contributed by atoms with Crippen molar-refractivity contribution in [1.82, 2.24) is 4.90 Å². The SMILES string of the molecule is O=C1C[C@@H]2C[C@H]1[C@H](C(=O)N1C[C@@H](C(=O)O)[C@H](C3CC3)C1)C2. The summed E-state index contributed by atoms with van der Waals surface area (Å²) < 4.78 is 0.